The second-order valence-electron chi connectivity index (χ2n) is 5.33. The zero-order chi connectivity index (χ0) is 19.8. The lowest BCUT2D eigenvalue weighted by Crippen LogP contribution is -2.31. The first kappa shape index (κ1) is 20.8. The Hall–Kier alpha value is -2.52. The molecule has 1 aliphatic rings. The molecular weight excluding hydrogens is 374 g/mol. The number of hydrogen-bond donors (Lipinski definition) is 0. The summed E-state index contributed by atoms with van der Waals surface area (Å²) >= 11 is 0.874. The molecule has 0 spiro atoms. The van der Waals surface area contributed by atoms with Crippen LogP contribution in [0.15, 0.2) is 23.1 Å². The molecule has 9 heteroatoms. The van der Waals surface area contributed by atoms with E-state index in [-0.39, 0.29) is 37.5 Å². The molecule has 1 aromatic rings. The number of amides is 2. The number of imide groups is 1. The average molecular weight is 395 g/mol. The monoisotopic (exact) mass is 395 g/mol. The van der Waals surface area contributed by atoms with Crippen molar-refractivity contribution in [1.82, 2.24) is 4.90 Å². The Labute approximate surface area is 161 Å². The molecule has 1 saturated heterocycles. The number of benzene rings is 1. The number of carbonyl (C=O) groups excluding carboxylic acids is 3. The van der Waals surface area contributed by atoms with Gasteiger partial charge in [0.2, 0.25) is 0 Å². The minimum atomic E-state index is -0.478. The highest BCUT2D eigenvalue weighted by Crippen LogP contribution is 2.34. The molecule has 2 rings (SSSR count). The number of thioether (sulfide) groups is 1. The first-order valence-corrected chi connectivity index (χ1v) is 9.02. The number of esters is 1. The van der Waals surface area contributed by atoms with Crippen LogP contribution in [0.4, 0.5) is 4.79 Å². The van der Waals surface area contributed by atoms with Gasteiger partial charge >= 0.3 is 5.97 Å². The molecule has 0 aliphatic carbocycles. The van der Waals surface area contributed by atoms with Gasteiger partial charge in [0.1, 0.15) is 0 Å². The molecule has 27 heavy (non-hydrogen) atoms. The van der Waals surface area contributed by atoms with E-state index >= 15 is 0 Å². The molecule has 0 radical (unpaired) electrons. The minimum absolute atomic E-state index is 0.211. The largest absolute Gasteiger partial charge is 0.493 e. The van der Waals surface area contributed by atoms with Crippen molar-refractivity contribution in [2.24, 2.45) is 0 Å². The van der Waals surface area contributed by atoms with E-state index in [4.69, 9.17) is 18.9 Å². The SMILES string of the molecule is CCOC(=O)COc1ccc(/C=C2/SC(=O)N(CCOC)C2=O)cc1OC. The molecule has 0 saturated carbocycles. The van der Waals surface area contributed by atoms with E-state index < -0.39 is 5.97 Å². The standard InChI is InChI=1S/C18H21NO7S/c1-4-25-16(20)11-26-13-6-5-12(9-14(13)24-3)10-15-17(21)19(7-8-23-2)18(22)27-15/h5-6,9-10H,4,7-8,11H2,1-3H3/b15-10+. The number of carbonyl (C=O) groups is 3. The summed E-state index contributed by atoms with van der Waals surface area (Å²) < 4.78 is 20.4. The zero-order valence-electron chi connectivity index (χ0n) is 15.4. The molecular formula is C18H21NO7S. The van der Waals surface area contributed by atoms with Crippen molar-refractivity contribution in [3.63, 3.8) is 0 Å². The van der Waals surface area contributed by atoms with Crippen molar-refractivity contribution in [2.75, 3.05) is 40.6 Å². The smallest absolute Gasteiger partial charge is 0.344 e. The second kappa shape index (κ2) is 9.98. The van der Waals surface area contributed by atoms with E-state index in [1.807, 2.05) is 0 Å². The summed E-state index contributed by atoms with van der Waals surface area (Å²) in [6.45, 7) is 2.25. The molecule has 0 unspecified atom stereocenters. The molecule has 0 aromatic heterocycles. The van der Waals surface area contributed by atoms with Crippen LogP contribution >= 0.6 is 11.8 Å². The molecule has 0 atom stereocenters. The lowest BCUT2D eigenvalue weighted by Gasteiger charge is -2.11. The number of rotatable bonds is 9. The second-order valence-corrected chi connectivity index (χ2v) is 6.32. The van der Waals surface area contributed by atoms with Gasteiger partial charge in [0.15, 0.2) is 18.1 Å². The van der Waals surface area contributed by atoms with Crippen LogP contribution in [0.1, 0.15) is 12.5 Å². The molecule has 8 nitrogen and oxygen atoms in total. The first-order valence-electron chi connectivity index (χ1n) is 8.21. The number of ether oxygens (including phenoxy) is 4. The van der Waals surface area contributed by atoms with Gasteiger partial charge in [-0.25, -0.2) is 4.79 Å². The Morgan fingerprint density at radius 1 is 1.22 bits per heavy atom. The van der Waals surface area contributed by atoms with E-state index in [9.17, 15) is 14.4 Å². The van der Waals surface area contributed by atoms with Crippen molar-refractivity contribution in [2.45, 2.75) is 6.92 Å². The van der Waals surface area contributed by atoms with Gasteiger partial charge in [-0.2, -0.15) is 0 Å². The highest BCUT2D eigenvalue weighted by Gasteiger charge is 2.34. The van der Waals surface area contributed by atoms with Gasteiger partial charge in [-0.3, -0.25) is 14.5 Å². The fourth-order valence-corrected chi connectivity index (χ4v) is 3.12. The topological polar surface area (TPSA) is 91.4 Å². The maximum absolute atomic E-state index is 12.3. The zero-order valence-corrected chi connectivity index (χ0v) is 16.2. The van der Waals surface area contributed by atoms with Crippen molar-refractivity contribution in [1.29, 1.82) is 0 Å². The summed E-state index contributed by atoms with van der Waals surface area (Å²) in [5.74, 6) is -0.0698. The summed E-state index contributed by atoms with van der Waals surface area (Å²) in [6.07, 6.45) is 1.61. The van der Waals surface area contributed by atoms with Gasteiger partial charge in [-0.15, -0.1) is 0 Å². The normalized spacial score (nSPS) is 15.4. The Morgan fingerprint density at radius 2 is 2.00 bits per heavy atom. The average Bonchev–Trinajstić information content (AvgIpc) is 2.92. The predicted octanol–water partition coefficient (Wildman–Crippen LogP) is 2.32. The van der Waals surface area contributed by atoms with E-state index in [0.29, 0.717) is 22.0 Å². The van der Waals surface area contributed by atoms with Crippen molar-refractivity contribution < 1.29 is 33.3 Å². The maximum Gasteiger partial charge on any atom is 0.344 e. The summed E-state index contributed by atoms with van der Waals surface area (Å²) in [7, 11) is 2.97. The fraction of sp³-hybridized carbons (Fsp3) is 0.389. The van der Waals surface area contributed by atoms with Crippen LogP contribution in [0.2, 0.25) is 0 Å². The quantitative estimate of drug-likeness (QED) is 0.465. The first-order chi connectivity index (χ1) is 13.0. The van der Waals surface area contributed by atoms with Crippen LogP contribution in [0.3, 0.4) is 0 Å². The Kier molecular flexibility index (Phi) is 7.68. The van der Waals surface area contributed by atoms with Crippen LogP contribution < -0.4 is 9.47 Å². The molecule has 1 fully saturated rings. The Balaban J connectivity index is 2.13. The van der Waals surface area contributed by atoms with Gasteiger partial charge in [-0.05, 0) is 42.5 Å². The predicted molar refractivity (Wildman–Crippen MR) is 99.7 cm³/mol. The Bertz CT molecular complexity index is 747. The van der Waals surface area contributed by atoms with Gasteiger partial charge in [0.25, 0.3) is 11.1 Å². The van der Waals surface area contributed by atoms with Crippen LogP contribution in [-0.2, 0) is 19.1 Å². The lowest BCUT2D eigenvalue weighted by molar-refractivity contribution is -0.145. The number of nitrogens with zero attached hydrogens (tertiary/aromatic N) is 1. The van der Waals surface area contributed by atoms with Gasteiger partial charge in [-0.1, -0.05) is 6.07 Å². The van der Waals surface area contributed by atoms with E-state index in [1.54, 1.807) is 31.2 Å². The van der Waals surface area contributed by atoms with Crippen molar-refractivity contribution >= 4 is 35.0 Å². The van der Waals surface area contributed by atoms with E-state index in [0.717, 1.165) is 16.7 Å². The maximum atomic E-state index is 12.3. The molecule has 0 bridgehead atoms. The third-order valence-corrected chi connectivity index (χ3v) is 4.44. The summed E-state index contributed by atoms with van der Waals surface area (Å²) in [4.78, 5) is 37.2. The molecule has 1 aromatic carbocycles. The number of hydrogen-bond acceptors (Lipinski definition) is 8. The van der Waals surface area contributed by atoms with Crippen LogP contribution in [0.5, 0.6) is 11.5 Å². The fourth-order valence-electron chi connectivity index (χ4n) is 2.26. The molecule has 146 valence electrons. The van der Waals surface area contributed by atoms with E-state index in [1.165, 1.54) is 14.2 Å². The molecule has 0 N–H and O–H groups in total. The van der Waals surface area contributed by atoms with Crippen molar-refractivity contribution in [3.05, 3.63) is 28.7 Å². The van der Waals surface area contributed by atoms with Gasteiger partial charge in [0.05, 0.1) is 31.8 Å². The van der Waals surface area contributed by atoms with Crippen LogP contribution in [0.25, 0.3) is 6.08 Å². The third-order valence-electron chi connectivity index (χ3n) is 3.53. The van der Waals surface area contributed by atoms with Crippen LogP contribution in [-0.4, -0.2) is 62.6 Å². The van der Waals surface area contributed by atoms with Crippen molar-refractivity contribution in [3.8, 4) is 11.5 Å². The Morgan fingerprint density at radius 3 is 2.67 bits per heavy atom. The van der Waals surface area contributed by atoms with Crippen LogP contribution in [0, 0.1) is 0 Å². The number of methoxy groups -OCH3 is 2. The lowest BCUT2D eigenvalue weighted by atomic mass is 10.2. The summed E-state index contributed by atoms with van der Waals surface area (Å²) in [6, 6.07) is 4.98. The molecule has 1 heterocycles. The van der Waals surface area contributed by atoms with Gasteiger partial charge < -0.3 is 18.9 Å². The van der Waals surface area contributed by atoms with Gasteiger partial charge in [0, 0.05) is 7.11 Å². The van der Waals surface area contributed by atoms with E-state index in [2.05, 4.69) is 0 Å². The highest BCUT2D eigenvalue weighted by atomic mass is 32.2. The third kappa shape index (κ3) is 5.48. The minimum Gasteiger partial charge on any atom is -0.493 e. The molecule has 2 amide bonds. The summed E-state index contributed by atoms with van der Waals surface area (Å²) in [5.41, 5.74) is 0.660. The summed E-state index contributed by atoms with van der Waals surface area (Å²) in [5, 5.41) is -0.329. The molecule has 1 aliphatic heterocycles. The highest BCUT2D eigenvalue weighted by molar-refractivity contribution is 8.18.